The van der Waals surface area contributed by atoms with Gasteiger partial charge in [-0.05, 0) is 24.4 Å². The molecule has 0 saturated heterocycles. The standard InChI is InChI=1S/C15H18N4O3S/c1-8(20)16-9-5-6-10-11(7-9)22-13(17-10)19-14(23)18-12(21)15(2,3)4/h5-7H,1-4H3,(H,16,20)(H2,17,18,19,21,23). The van der Waals surface area contributed by atoms with E-state index in [4.69, 9.17) is 16.6 Å². The maximum absolute atomic E-state index is 11.9. The van der Waals surface area contributed by atoms with Crippen LogP contribution in [0.3, 0.4) is 0 Å². The summed E-state index contributed by atoms with van der Waals surface area (Å²) < 4.78 is 5.52. The van der Waals surface area contributed by atoms with Crippen molar-refractivity contribution in [1.29, 1.82) is 0 Å². The summed E-state index contributed by atoms with van der Waals surface area (Å²) in [7, 11) is 0. The van der Waals surface area contributed by atoms with E-state index in [1.807, 2.05) is 0 Å². The van der Waals surface area contributed by atoms with Crippen LogP contribution >= 0.6 is 12.2 Å². The number of hydrogen-bond acceptors (Lipinski definition) is 5. The quantitative estimate of drug-likeness (QED) is 0.731. The number of nitrogens with one attached hydrogen (secondary N) is 3. The van der Waals surface area contributed by atoms with Gasteiger partial charge < -0.3 is 15.1 Å². The average Bonchev–Trinajstić information content (AvgIpc) is 2.77. The van der Waals surface area contributed by atoms with Crippen LogP contribution in [0.1, 0.15) is 27.7 Å². The lowest BCUT2D eigenvalue weighted by atomic mass is 9.96. The molecule has 0 atom stereocenters. The number of carbonyl (C=O) groups is 2. The maximum atomic E-state index is 11.9. The van der Waals surface area contributed by atoms with Gasteiger partial charge in [0.25, 0.3) is 0 Å². The molecule has 1 aromatic carbocycles. The van der Waals surface area contributed by atoms with E-state index in [0.717, 1.165) is 0 Å². The van der Waals surface area contributed by atoms with Crippen molar-refractivity contribution in [2.75, 3.05) is 10.6 Å². The SMILES string of the molecule is CC(=O)Nc1ccc2nc(NC(=S)NC(=O)C(C)(C)C)oc2c1. The molecule has 0 radical (unpaired) electrons. The zero-order valence-corrected chi connectivity index (χ0v) is 14.1. The molecule has 7 nitrogen and oxygen atoms in total. The van der Waals surface area contributed by atoms with E-state index in [1.165, 1.54) is 6.92 Å². The van der Waals surface area contributed by atoms with Crippen molar-refractivity contribution >= 4 is 51.9 Å². The van der Waals surface area contributed by atoms with Gasteiger partial charge in [-0.2, -0.15) is 4.98 Å². The van der Waals surface area contributed by atoms with Crippen molar-refractivity contribution in [3.05, 3.63) is 18.2 Å². The van der Waals surface area contributed by atoms with E-state index in [-0.39, 0.29) is 22.9 Å². The molecule has 1 heterocycles. The molecule has 23 heavy (non-hydrogen) atoms. The molecule has 0 aliphatic rings. The Kier molecular flexibility index (Phi) is 4.65. The second kappa shape index (κ2) is 6.33. The number of thiocarbonyl (C=S) groups is 1. The van der Waals surface area contributed by atoms with E-state index in [0.29, 0.717) is 16.8 Å². The van der Waals surface area contributed by atoms with Crippen LogP contribution in [0, 0.1) is 5.41 Å². The van der Waals surface area contributed by atoms with Crippen LogP contribution < -0.4 is 16.0 Å². The van der Waals surface area contributed by atoms with Crippen molar-refractivity contribution < 1.29 is 14.0 Å². The zero-order valence-electron chi connectivity index (χ0n) is 13.3. The molecule has 8 heteroatoms. The first-order valence-corrected chi connectivity index (χ1v) is 7.36. The van der Waals surface area contributed by atoms with Crippen LogP contribution in [0.25, 0.3) is 11.1 Å². The highest BCUT2D eigenvalue weighted by atomic mass is 32.1. The molecule has 0 bridgehead atoms. The van der Waals surface area contributed by atoms with Crippen molar-refractivity contribution in [2.45, 2.75) is 27.7 Å². The third-order valence-corrected chi connectivity index (χ3v) is 3.04. The molecular formula is C15H18N4O3S. The Morgan fingerprint density at radius 2 is 1.91 bits per heavy atom. The van der Waals surface area contributed by atoms with Crippen molar-refractivity contribution in [3.63, 3.8) is 0 Å². The Bertz CT molecular complexity index is 777. The third kappa shape index (κ3) is 4.49. The number of oxazole rings is 1. The minimum atomic E-state index is -0.555. The van der Waals surface area contributed by atoms with E-state index in [1.54, 1.807) is 39.0 Å². The number of fused-ring (bicyclic) bond motifs is 1. The van der Waals surface area contributed by atoms with Gasteiger partial charge in [0.2, 0.25) is 11.8 Å². The number of aromatic nitrogens is 1. The van der Waals surface area contributed by atoms with Crippen LogP contribution in [0.4, 0.5) is 11.7 Å². The number of hydrogen-bond donors (Lipinski definition) is 3. The number of carbonyl (C=O) groups excluding carboxylic acids is 2. The van der Waals surface area contributed by atoms with Gasteiger partial charge >= 0.3 is 6.01 Å². The highest BCUT2D eigenvalue weighted by Gasteiger charge is 2.22. The molecular weight excluding hydrogens is 316 g/mol. The average molecular weight is 334 g/mol. The minimum Gasteiger partial charge on any atom is -0.423 e. The summed E-state index contributed by atoms with van der Waals surface area (Å²) in [6, 6.07) is 5.26. The van der Waals surface area contributed by atoms with Crippen LogP contribution in [0.2, 0.25) is 0 Å². The van der Waals surface area contributed by atoms with Crippen LogP contribution in [0.15, 0.2) is 22.6 Å². The van der Waals surface area contributed by atoms with Gasteiger partial charge in [-0.3, -0.25) is 14.9 Å². The van der Waals surface area contributed by atoms with Crippen LogP contribution in [0.5, 0.6) is 0 Å². The second-order valence-electron chi connectivity index (χ2n) is 6.04. The van der Waals surface area contributed by atoms with Gasteiger partial charge in [-0.25, -0.2) is 0 Å². The van der Waals surface area contributed by atoms with E-state index < -0.39 is 5.41 Å². The Balaban J connectivity index is 2.10. The van der Waals surface area contributed by atoms with Crippen molar-refractivity contribution in [2.24, 2.45) is 5.41 Å². The van der Waals surface area contributed by atoms with Gasteiger partial charge in [-0.15, -0.1) is 0 Å². The number of benzene rings is 1. The molecule has 122 valence electrons. The van der Waals surface area contributed by atoms with E-state index in [2.05, 4.69) is 20.9 Å². The first kappa shape index (κ1) is 16.9. The van der Waals surface area contributed by atoms with Crippen LogP contribution in [-0.4, -0.2) is 21.9 Å². The van der Waals surface area contributed by atoms with Crippen LogP contribution in [-0.2, 0) is 9.59 Å². The molecule has 2 amide bonds. The minimum absolute atomic E-state index is 0.110. The van der Waals surface area contributed by atoms with Crippen molar-refractivity contribution in [3.8, 4) is 0 Å². The third-order valence-electron chi connectivity index (χ3n) is 2.84. The first-order valence-electron chi connectivity index (χ1n) is 6.96. The molecule has 0 spiro atoms. The molecule has 2 aromatic rings. The van der Waals surface area contributed by atoms with Gasteiger partial charge in [0.15, 0.2) is 10.7 Å². The fourth-order valence-electron chi connectivity index (χ4n) is 1.68. The summed E-state index contributed by atoms with van der Waals surface area (Å²) >= 11 is 5.07. The Labute approximate surface area is 138 Å². The van der Waals surface area contributed by atoms with Gasteiger partial charge in [0.1, 0.15) is 5.52 Å². The predicted octanol–water partition coefficient (Wildman–Crippen LogP) is 2.65. The number of anilines is 2. The molecule has 0 aliphatic carbocycles. The van der Waals surface area contributed by atoms with Crippen molar-refractivity contribution in [1.82, 2.24) is 10.3 Å². The lowest BCUT2D eigenvalue weighted by Gasteiger charge is -2.17. The smallest absolute Gasteiger partial charge is 0.302 e. The molecule has 1 aromatic heterocycles. The zero-order chi connectivity index (χ0) is 17.2. The molecule has 0 fully saturated rings. The van der Waals surface area contributed by atoms with Gasteiger partial charge in [-0.1, -0.05) is 20.8 Å². The fraction of sp³-hybridized carbons (Fsp3) is 0.333. The normalized spacial score (nSPS) is 11.1. The van der Waals surface area contributed by atoms with E-state index in [9.17, 15) is 9.59 Å². The van der Waals surface area contributed by atoms with Gasteiger partial charge in [0.05, 0.1) is 0 Å². The monoisotopic (exact) mass is 334 g/mol. The Morgan fingerprint density at radius 3 is 2.52 bits per heavy atom. The molecule has 0 saturated carbocycles. The summed E-state index contributed by atoms with van der Waals surface area (Å²) in [4.78, 5) is 27.1. The highest BCUT2D eigenvalue weighted by molar-refractivity contribution is 7.80. The maximum Gasteiger partial charge on any atom is 0.302 e. The molecule has 0 unspecified atom stereocenters. The summed E-state index contributed by atoms with van der Waals surface area (Å²) in [6.45, 7) is 6.78. The molecule has 0 aliphatic heterocycles. The first-order chi connectivity index (χ1) is 10.6. The summed E-state index contributed by atoms with van der Waals surface area (Å²) in [5, 5.41) is 8.07. The number of rotatable bonds is 2. The van der Waals surface area contributed by atoms with E-state index >= 15 is 0 Å². The summed E-state index contributed by atoms with van der Waals surface area (Å²) in [6.07, 6.45) is 0. The largest absolute Gasteiger partial charge is 0.423 e. The molecule has 3 N–H and O–H groups in total. The predicted molar refractivity (Wildman–Crippen MR) is 92.1 cm³/mol. The fourth-order valence-corrected chi connectivity index (χ4v) is 1.86. The second-order valence-corrected chi connectivity index (χ2v) is 6.45. The Morgan fingerprint density at radius 1 is 1.22 bits per heavy atom. The lowest BCUT2D eigenvalue weighted by molar-refractivity contribution is -0.126. The molecule has 2 rings (SSSR count). The number of amides is 2. The van der Waals surface area contributed by atoms with Gasteiger partial charge in [0, 0.05) is 24.1 Å². The number of nitrogens with zero attached hydrogens (tertiary/aromatic N) is 1. The lowest BCUT2D eigenvalue weighted by Crippen LogP contribution is -2.41. The summed E-state index contributed by atoms with van der Waals surface area (Å²) in [5.41, 5.74) is 1.15. The summed E-state index contributed by atoms with van der Waals surface area (Å²) in [5.74, 6) is -0.382. The Hall–Kier alpha value is -2.48. The topological polar surface area (TPSA) is 96.3 Å². The highest BCUT2D eigenvalue weighted by Crippen LogP contribution is 2.22.